The van der Waals surface area contributed by atoms with Gasteiger partial charge in [-0.2, -0.15) is 15.0 Å². The monoisotopic (exact) mass is 343 g/mol. The van der Waals surface area contributed by atoms with Gasteiger partial charge in [-0.1, -0.05) is 0 Å². The van der Waals surface area contributed by atoms with Crippen LogP contribution in [0.2, 0.25) is 0 Å². The van der Waals surface area contributed by atoms with Crippen LogP contribution in [-0.2, 0) is 4.57 Å². The van der Waals surface area contributed by atoms with Crippen molar-refractivity contribution in [2.45, 2.75) is 0 Å². The van der Waals surface area contributed by atoms with E-state index in [4.69, 9.17) is 52.0 Å². The van der Waals surface area contributed by atoms with Crippen LogP contribution in [0.25, 0.3) is 0 Å². The van der Waals surface area contributed by atoms with Crippen molar-refractivity contribution in [1.29, 1.82) is 0 Å². The Morgan fingerprint density at radius 2 is 0.955 bits per heavy atom. The Morgan fingerprint density at radius 1 is 0.773 bits per heavy atom. The number of hydrogen-bond acceptors (Lipinski definition) is 11. The summed E-state index contributed by atoms with van der Waals surface area (Å²) in [7, 11) is -2.87. The van der Waals surface area contributed by atoms with Crippen molar-refractivity contribution in [3.05, 3.63) is 0 Å². The lowest BCUT2D eigenvalue weighted by atomic mass is 9.93. The zero-order valence-electron chi connectivity index (χ0n) is 11.4. The minimum atomic E-state index is -2.87. The summed E-state index contributed by atoms with van der Waals surface area (Å²) >= 11 is 0. The van der Waals surface area contributed by atoms with Crippen LogP contribution >= 0.6 is 8.25 Å². The summed E-state index contributed by atoms with van der Waals surface area (Å²) in [5, 5.41) is 34.0. The van der Waals surface area contributed by atoms with Gasteiger partial charge < -0.3 is 37.6 Å². The van der Waals surface area contributed by atoms with Gasteiger partial charge in [-0.3, -0.25) is 0 Å². The Bertz CT molecular complexity index is 375. The van der Waals surface area contributed by atoms with Crippen LogP contribution in [-0.4, -0.2) is 71.6 Å². The Labute approximate surface area is 126 Å². The molecule has 1 aromatic rings. The lowest BCUT2D eigenvalue weighted by molar-refractivity contribution is -0.0328. The minimum Gasteiger partial charge on any atom is -0.396 e. The number of aromatic nitrogens is 3. The molecule has 22 heavy (non-hydrogen) atoms. The third-order valence-corrected chi connectivity index (χ3v) is 2.03. The van der Waals surface area contributed by atoms with Crippen LogP contribution in [0.15, 0.2) is 0 Å². The highest BCUT2D eigenvalue weighted by Crippen LogP contribution is 2.11. The van der Waals surface area contributed by atoms with E-state index in [1.54, 1.807) is 0 Å². The Hall–Kier alpha value is -1.73. The fraction of sp³-hybridized carbons (Fsp3) is 0.625. The number of aliphatic hydroxyl groups excluding tert-OH is 4. The van der Waals surface area contributed by atoms with E-state index < -0.39 is 40.1 Å². The van der Waals surface area contributed by atoms with E-state index in [1.807, 2.05) is 0 Å². The molecule has 1 aromatic heterocycles. The van der Waals surface area contributed by atoms with Crippen LogP contribution in [0, 0.1) is 5.41 Å². The molecule has 0 saturated heterocycles. The van der Waals surface area contributed by atoms with E-state index in [-0.39, 0.29) is 17.8 Å². The fourth-order valence-corrected chi connectivity index (χ4v) is 0.727. The molecular weight excluding hydrogens is 323 g/mol. The van der Waals surface area contributed by atoms with E-state index in [2.05, 4.69) is 15.0 Å². The largest absolute Gasteiger partial charge is 0.692 e. The van der Waals surface area contributed by atoms with E-state index in [0.29, 0.717) is 0 Å². The third kappa shape index (κ3) is 11.0. The van der Waals surface area contributed by atoms with Crippen molar-refractivity contribution in [1.82, 2.24) is 15.0 Å². The average molecular weight is 343 g/mol. The summed E-state index contributed by atoms with van der Waals surface area (Å²) in [4.78, 5) is 24.7. The molecule has 0 aliphatic heterocycles. The second kappa shape index (κ2) is 11.9. The summed E-state index contributed by atoms with van der Waals surface area (Å²) in [6.45, 7) is -1.62. The number of nitrogen functional groups attached to an aromatic ring is 3. The van der Waals surface area contributed by atoms with Gasteiger partial charge >= 0.3 is 8.25 Å². The number of anilines is 3. The van der Waals surface area contributed by atoms with Crippen LogP contribution < -0.4 is 17.2 Å². The fourth-order valence-electron chi connectivity index (χ4n) is 0.727. The van der Waals surface area contributed by atoms with Gasteiger partial charge in [-0.15, -0.1) is 9.79 Å². The molecule has 0 radical (unpaired) electrons. The van der Waals surface area contributed by atoms with Crippen molar-refractivity contribution in [3.8, 4) is 0 Å². The first-order valence-electron chi connectivity index (χ1n) is 5.47. The molecule has 0 amide bonds. The number of aliphatic hydroxyl groups is 4. The van der Waals surface area contributed by atoms with E-state index in [0.717, 1.165) is 0 Å². The van der Waals surface area contributed by atoms with E-state index in [9.17, 15) is 0 Å². The zero-order valence-corrected chi connectivity index (χ0v) is 12.3. The molecule has 0 saturated carbocycles. The average Bonchev–Trinajstić information content (AvgIpc) is 2.40. The normalized spacial score (nSPS) is 9.91. The minimum absolute atomic E-state index is 0.0417. The van der Waals surface area contributed by atoms with E-state index >= 15 is 0 Å². The Balaban J connectivity index is 0. The predicted molar refractivity (Wildman–Crippen MR) is 75.9 cm³/mol. The number of rotatable bonds is 4. The molecule has 14 heteroatoms. The first-order chi connectivity index (χ1) is 10.2. The highest BCUT2D eigenvalue weighted by Gasteiger charge is 2.26. The molecule has 1 rings (SSSR count). The van der Waals surface area contributed by atoms with Crippen molar-refractivity contribution in [2.24, 2.45) is 5.41 Å². The first kappa shape index (κ1) is 22.5. The SMILES string of the molecule is Nc1nc(N)nc(N)n1.O=[P+](O)O.OCC(CO)(CO)CO. The Morgan fingerprint density at radius 3 is 1.05 bits per heavy atom. The summed E-state index contributed by atoms with van der Waals surface area (Å²) in [6.07, 6.45) is 0. The molecule has 12 N–H and O–H groups in total. The maximum Gasteiger partial charge on any atom is 0.692 e. The Kier molecular flexibility index (Phi) is 12.2. The lowest BCUT2D eigenvalue weighted by Crippen LogP contribution is -2.37. The van der Waals surface area contributed by atoms with Crippen LogP contribution in [0.5, 0.6) is 0 Å². The number of nitrogens with zero attached hydrogens (tertiary/aromatic N) is 3. The molecule has 0 atom stereocenters. The topological polar surface area (TPSA) is 255 Å². The summed E-state index contributed by atoms with van der Waals surface area (Å²) in [5.41, 5.74) is 14.3. The molecule has 0 unspecified atom stereocenters. The lowest BCUT2D eigenvalue weighted by Gasteiger charge is -2.23. The van der Waals surface area contributed by atoms with Gasteiger partial charge in [0, 0.05) is 4.57 Å². The number of nitrogens with two attached hydrogens (primary N) is 3. The van der Waals surface area contributed by atoms with E-state index in [1.165, 1.54) is 0 Å². The quantitative estimate of drug-likeness (QED) is 0.238. The summed E-state index contributed by atoms with van der Waals surface area (Å²) in [5.74, 6) is 0.125. The highest BCUT2D eigenvalue weighted by atomic mass is 31.1. The smallest absolute Gasteiger partial charge is 0.396 e. The van der Waals surface area contributed by atoms with Crippen molar-refractivity contribution in [3.63, 3.8) is 0 Å². The first-order valence-corrected chi connectivity index (χ1v) is 6.63. The van der Waals surface area contributed by atoms with Gasteiger partial charge in [0.15, 0.2) is 0 Å². The molecule has 128 valence electrons. The van der Waals surface area contributed by atoms with Crippen molar-refractivity contribution in [2.75, 3.05) is 43.6 Å². The van der Waals surface area contributed by atoms with Gasteiger partial charge in [0.2, 0.25) is 17.8 Å². The standard InChI is InChI=1S/C5H12O4.C3H6N6.HO3P/c6-1-5(2-7,3-8)4-9;4-1-7-2(5)9-3(6)8-1;1-4(2)3/h6-9H,1-4H2;(H6,4,5,6,7,8,9);(H-,1,2,3)/p+1. The summed E-state index contributed by atoms with van der Waals surface area (Å²) in [6, 6.07) is 0. The molecule has 0 aromatic carbocycles. The van der Waals surface area contributed by atoms with Gasteiger partial charge in [0.05, 0.1) is 31.8 Å². The zero-order chi connectivity index (χ0) is 17.8. The maximum atomic E-state index is 8.70. The second-order valence-corrected chi connectivity index (χ2v) is 4.30. The molecule has 0 aliphatic rings. The molecule has 0 bridgehead atoms. The molecular formula is C8H20N6O7P+. The van der Waals surface area contributed by atoms with Crippen LogP contribution in [0.3, 0.4) is 0 Å². The summed E-state index contributed by atoms with van der Waals surface area (Å²) < 4.78 is 8.70. The van der Waals surface area contributed by atoms with Gasteiger partial charge in [-0.05, 0) is 0 Å². The number of hydrogen-bond donors (Lipinski definition) is 9. The third-order valence-electron chi connectivity index (χ3n) is 2.03. The highest BCUT2D eigenvalue weighted by molar-refractivity contribution is 7.30. The van der Waals surface area contributed by atoms with Crippen LogP contribution in [0.4, 0.5) is 17.8 Å². The van der Waals surface area contributed by atoms with Gasteiger partial charge in [0.25, 0.3) is 0 Å². The second-order valence-electron chi connectivity index (χ2n) is 3.80. The van der Waals surface area contributed by atoms with Crippen molar-refractivity contribution < 1.29 is 34.8 Å². The maximum absolute atomic E-state index is 8.70. The molecule has 13 nitrogen and oxygen atoms in total. The van der Waals surface area contributed by atoms with Crippen LogP contribution in [0.1, 0.15) is 0 Å². The van der Waals surface area contributed by atoms with Crippen molar-refractivity contribution >= 4 is 26.1 Å². The molecule has 0 aliphatic carbocycles. The molecule has 1 heterocycles. The van der Waals surface area contributed by atoms with Gasteiger partial charge in [-0.25, -0.2) is 0 Å². The molecule has 0 spiro atoms. The predicted octanol–water partition coefficient (Wildman–Crippen LogP) is -3.81. The van der Waals surface area contributed by atoms with Gasteiger partial charge in [0.1, 0.15) is 0 Å². The molecule has 0 fully saturated rings.